The summed E-state index contributed by atoms with van der Waals surface area (Å²) in [5.74, 6) is 0.888. The normalized spacial score (nSPS) is 15.2. The predicted octanol–water partition coefficient (Wildman–Crippen LogP) is 8.43. The van der Waals surface area contributed by atoms with Gasteiger partial charge in [0.1, 0.15) is 5.75 Å². The molecule has 1 aliphatic carbocycles. The molecule has 6 heteroatoms. The molecule has 4 rings (SSSR count). The molecule has 0 N–H and O–H groups in total. The number of benzene rings is 3. The Morgan fingerprint density at radius 2 is 1.74 bits per heavy atom. The molecule has 0 fully saturated rings. The molecule has 1 unspecified atom stereocenters. The lowest BCUT2D eigenvalue weighted by Gasteiger charge is -2.32. The van der Waals surface area contributed by atoms with Crippen LogP contribution in [0.4, 0.5) is 5.69 Å². The molecule has 1 amide bonds. The van der Waals surface area contributed by atoms with Gasteiger partial charge >= 0.3 is 0 Å². The van der Waals surface area contributed by atoms with E-state index >= 15 is 0 Å². The van der Waals surface area contributed by atoms with Crippen molar-refractivity contribution in [3.63, 3.8) is 0 Å². The number of anilines is 1. The summed E-state index contributed by atoms with van der Waals surface area (Å²) in [5.41, 5.74) is 4.88. The van der Waals surface area contributed by atoms with Gasteiger partial charge in [-0.25, -0.2) is 0 Å². The molecule has 0 bridgehead atoms. The lowest BCUT2D eigenvalue weighted by molar-refractivity contribution is -0.120. The van der Waals surface area contributed by atoms with E-state index in [1.165, 1.54) is 11.1 Å². The van der Waals surface area contributed by atoms with Gasteiger partial charge in [0.25, 0.3) is 0 Å². The molecule has 3 aromatic carbocycles. The van der Waals surface area contributed by atoms with E-state index in [0.717, 1.165) is 36.3 Å². The topological polar surface area (TPSA) is 29.5 Å². The monoisotopic (exact) mass is 515 g/mol. The van der Waals surface area contributed by atoms with Gasteiger partial charge in [0, 0.05) is 16.3 Å². The first-order valence-electron chi connectivity index (χ1n) is 11.5. The van der Waals surface area contributed by atoms with E-state index in [1.807, 2.05) is 24.3 Å². The van der Waals surface area contributed by atoms with Crippen molar-refractivity contribution in [1.29, 1.82) is 0 Å². The van der Waals surface area contributed by atoms with Crippen LogP contribution in [0.25, 0.3) is 0 Å². The van der Waals surface area contributed by atoms with Crippen LogP contribution in [-0.4, -0.2) is 13.0 Å². The highest BCUT2D eigenvalue weighted by Gasteiger charge is 2.32. The lowest BCUT2D eigenvalue weighted by atomic mass is 9.81. The van der Waals surface area contributed by atoms with Crippen LogP contribution in [-0.2, 0) is 17.8 Å². The van der Waals surface area contributed by atoms with E-state index in [4.69, 9.17) is 39.5 Å². The Morgan fingerprint density at radius 1 is 1.03 bits per heavy atom. The van der Waals surface area contributed by atoms with Crippen LogP contribution in [0, 0.1) is 0 Å². The Morgan fingerprint density at radius 3 is 2.41 bits per heavy atom. The number of methoxy groups -OCH3 is 1. The third-order valence-corrected chi connectivity index (χ3v) is 7.76. The summed E-state index contributed by atoms with van der Waals surface area (Å²) in [5, 5.41) is 1.27. The first kappa shape index (κ1) is 24.9. The number of nitrogens with zero attached hydrogens (tertiary/aromatic N) is 1. The maximum Gasteiger partial charge on any atom is 0.234 e. The van der Waals surface area contributed by atoms with Crippen molar-refractivity contribution in [2.24, 2.45) is 0 Å². The van der Waals surface area contributed by atoms with E-state index in [0.29, 0.717) is 26.5 Å². The number of hydrogen-bond acceptors (Lipinski definition) is 2. The van der Waals surface area contributed by atoms with E-state index < -0.39 is 0 Å². The number of hydrogen-bond donors (Lipinski definition) is 0. The molecule has 1 atom stereocenters. The van der Waals surface area contributed by atoms with Crippen LogP contribution in [0.15, 0.2) is 54.6 Å². The van der Waals surface area contributed by atoms with Gasteiger partial charge < -0.3 is 9.64 Å². The van der Waals surface area contributed by atoms with Gasteiger partial charge in [-0.3, -0.25) is 4.79 Å². The molecule has 0 heterocycles. The highest BCUT2D eigenvalue weighted by Crippen LogP contribution is 2.39. The molecule has 0 aliphatic heterocycles. The average Bonchev–Trinajstić information content (AvgIpc) is 2.85. The zero-order valence-electron chi connectivity index (χ0n) is 19.6. The second-order valence-electron chi connectivity index (χ2n) is 9.00. The predicted molar refractivity (Wildman–Crippen MR) is 142 cm³/mol. The van der Waals surface area contributed by atoms with Gasteiger partial charge in [-0.15, -0.1) is 0 Å². The van der Waals surface area contributed by atoms with Crippen molar-refractivity contribution in [2.75, 3.05) is 12.0 Å². The summed E-state index contributed by atoms with van der Waals surface area (Å²) < 4.78 is 5.45. The minimum absolute atomic E-state index is 0.0126. The quantitative estimate of drug-likeness (QED) is 0.308. The minimum atomic E-state index is -0.277. The minimum Gasteiger partial charge on any atom is -0.497 e. The van der Waals surface area contributed by atoms with Crippen molar-refractivity contribution >= 4 is 46.4 Å². The largest absolute Gasteiger partial charge is 0.497 e. The van der Waals surface area contributed by atoms with E-state index in [9.17, 15) is 4.79 Å². The molecule has 0 aromatic heterocycles. The van der Waals surface area contributed by atoms with Crippen molar-refractivity contribution in [2.45, 2.75) is 51.5 Å². The van der Waals surface area contributed by atoms with Gasteiger partial charge in [-0.05, 0) is 78.3 Å². The second kappa shape index (κ2) is 10.6. The summed E-state index contributed by atoms with van der Waals surface area (Å²) in [7, 11) is 1.65. The molecule has 0 spiro atoms. The Kier molecular flexibility index (Phi) is 7.77. The molecule has 0 radical (unpaired) electrons. The number of amides is 1. The van der Waals surface area contributed by atoms with Crippen LogP contribution in [0.5, 0.6) is 5.75 Å². The van der Waals surface area contributed by atoms with Crippen molar-refractivity contribution in [3.8, 4) is 5.75 Å². The summed E-state index contributed by atoms with van der Waals surface area (Å²) in [4.78, 5) is 15.9. The zero-order chi connectivity index (χ0) is 24.4. The van der Waals surface area contributed by atoms with Gasteiger partial charge in [-0.1, -0.05) is 66.8 Å². The fraction of sp³-hybridized carbons (Fsp3) is 0.321. The van der Waals surface area contributed by atoms with E-state index in [-0.39, 0.29) is 18.4 Å². The van der Waals surface area contributed by atoms with Gasteiger partial charge in [0.15, 0.2) is 0 Å². The SMILES string of the molecule is COc1ccc2c(c1)C(C(=O)N(Cc1c(Cl)ccc(Cl)c1Cl)c1ccc(C(C)C)cc1)CCC2. The second-order valence-corrected chi connectivity index (χ2v) is 10.2. The molecule has 178 valence electrons. The van der Waals surface area contributed by atoms with E-state index in [1.54, 1.807) is 24.1 Å². The molecule has 3 nitrogen and oxygen atoms in total. The number of rotatable bonds is 6. The molecule has 3 aromatic rings. The number of carbonyl (C=O) groups is 1. The number of aryl methyl sites for hydroxylation is 1. The molecular weight excluding hydrogens is 489 g/mol. The van der Waals surface area contributed by atoms with Crippen LogP contribution in [0.3, 0.4) is 0 Å². The maximum atomic E-state index is 14.2. The number of ether oxygens (including phenoxy) is 1. The highest BCUT2D eigenvalue weighted by molar-refractivity contribution is 6.44. The first-order chi connectivity index (χ1) is 16.3. The van der Waals surface area contributed by atoms with Gasteiger partial charge in [0.2, 0.25) is 5.91 Å². The number of carbonyl (C=O) groups excluding carboxylic acids is 1. The third-order valence-electron chi connectivity index (χ3n) is 6.56. The Hall–Kier alpha value is -2.20. The maximum absolute atomic E-state index is 14.2. The van der Waals surface area contributed by atoms with Gasteiger partial charge in [0.05, 0.1) is 29.6 Å². The van der Waals surface area contributed by atoms with Crippen LogP contribution in [0.1, 0.15) is 60.8 Å². The highest BCUT2D eigenvalue weighted by atomic mass is 35.5. The summed E-state index contributed by atoms with van der Waals surface area (Å²) >= 11 is 19.3. The molecular formula is C28H28Cl3NO2. The van der Waals surface area contributed by atoms with Crippen LogP contribution >= 0.6 is 34.8 Å². The molecule has 0 saturated carbocycles. The van der Waals surface area contributed by atoms with E-state index in [2.05, 4.69) is 32.0 Å². The summed E-state index contributed by atoms with van der Waals surface area (Å²) in [6.45, 7) is 4.53. The fourth-order valence-corrected chi connectivity index (χ4v) is 5.22. The Balaban J connectivity index is 1.77. The third kappa shape index (κ3) is 5.07. The number of halogens is 3. The fourth-order valence-electron chi connectivity index (χ4n) is 4.56. The standard InChI is InChI=1S/C28H28Cl3NO2/c1-17(2)18-7-10-20(11-8-18)32(16-24-25(29)13-14-26(30)27(24)31)28(33)22-6-4-5-19-9-12-21(34-3)15-23(19)22/h7-15,17,22H,4-6,16H2,1-3H3. The van der Waals surface area contributed by atoms with Crippen LogP contribution in [0.2, 0.25) is 15.1 Å². The van der Waals surface area contributed by atoms with Crippen molar-refractivity contribution in [3.05, 3.63) is 91.9 Å². The van der Waals surface area contributed by atoms with Gasteiger partial charge in [-0.2, -0.15) is 0 Å². The Bertz CT molecular complexity index is 1190. The molecule has 0 saturated heterocycles. The summed E-state index contributed by atoms with van der Waals surface area (Å²) in [6, 6.07) is 17.5. The lowest BCUT2D eigenvalue weighted by Crippen LogP contribution is -2.36. The average molecular weight is 517 g/mol. The Labute approximate surface area is 216 Å². The van der Waals surface area contributed by atoms with Crippen molar-refractivity contribution < 1.29 is 9.53 Å². The number of fused-ring (bicyclic) bond motifs is 1. The smallest absolute Gasteiger partial charge is 0.234 e. The van der Waals surface area contributed by atoms with Crippen molar-refractivity contribution in [1.82, 2.24) is 0 Å². The zero-order valence-corrected chi connectivity index (χ0v) is 21.8. The molecule has 34 heavy (non-hydrogen) atoms. The summed E-state index contributed by atoms with van der Waals surface area (Å²) in [6.07, 6.45) is 2.68. The molecule has 1 aliphatic rings. The van der Waals surface area contributed by atoms with Crippen LogP contribution < -0.4 is 9.64 Å². The first-order valence-corrected chi connectivity index (χ1v) is 12.6.